The SMILES string of the molecule is CCC(C)N1CCN(CC(=O)C2CCCCC2)CC1. The van der Waals surface area contributed by atoms with Gasteiger partial charge >= 0.3 is 0 Å². The average molecular weight is 266 g/mol. The molecule has 0 aromatic rings. The minimum absolute atomic E-state index is 0.376. The lowest BCUT2D eigenvalue weighted by Gasteiger charge is -2.38. The van der Waals surface area contributed by atoms with E-state index in [9.17, 15) is 4.79 Å². The van der Waals surface area contributed by atoms with Gasteiger partial charge in [-0.15, -0.1) is 0 Å². The molecule has 1 aliphatic carbocycles. The van der Waals surface area contributed by atoms with Gasteiger partial charge in [0.15, 0.2) is 0 Å². The summed E-state index contributed by atoms with van der Waals surface area (Å²) in [4.78, 5) is 17.2. The Morgan fingerprint density at radius 2 is 1.74 bits per heavy atom. The molecule has 3 nitrogen and oxygen atoms in total. The Balaban J connectivity index is 1.71. The van der Waals surface area contributed by atoms with Gasteiger partial charge in [-0.05, 0) is 26.2 Å². The van der Waals surface area contributed by atoms with Crippen molar-refractivity contribution in [2.24, 2.45) is 5.92 Å². The van der Waals surface area contributed by atoms with E-state index in [-0.39, 0.29) is 0 Å². The molecule has 2 rings (SSSR count). The van der Waals surface area contributed by atoms with Crippen LogP contribution in [-0.4, -0.2) is 54.3 Å². The average Bonchev–Trinajstić information content (AvgIpc) is 2.48. The second-order valence-electron chi connectivity index (χ2n) is 6.37. The zero-order chi connectivity index (χ0) is 13.7. The highest BCUT2D eigenvalue weighted by Gasteiger charge is 2.25. The molecule has 0 amide bonds. The smallest absolute Gasteiger partial charge is 0.149 e. The lowest BCUT2D eigenvalue weighted by atomic mass is 9.86. The first-order valence-electron chi connectivity index (χ1n) is 8.19. The molecular weight excluding hydrogens is 236 g/mol. The summed E-state index contributed by atoms with van der Waals surface area (Å²) in [6.07, 6.45) is 7.37. The summed E-state index contributed by atoms with van der Waals surface area (Å²) in [5.41, 5.74) is 0. The Hall–Kier alpha value is -0.410. The predicted molar refractivity (Wildman–Crippen MR) is 79.3 cm³/mol. The van der Waals surface area contributed by atoms with Crippen LogP contribution in [0.2, 0.25) is 0 Å². The highest BCUT2D eigenvalue weighted by atomic mass is 16.1. The fourth-order valence-corrected chi connectivity index (χ4v) is 3.39. The van der Waals surface area contributed by atoms with Gasteiger partial charge in [0.05, 0.1) is 6.54 Å². The van der Waals surface area contributed by atoms with E-state index in [2.05, 4.69) is 23.6 Å². The van der Waals surface area contributed by atoms with Gasteiger partial charge in [-0.25, -0.2) is 0 Å². The summed E-state index contributed by atoms with van der Waals surface area (Å²) in [6, 6.07) is 0.691. The molecule has 1 unspecified atom stereocenters. The first kappa shape index (κ1) is 15.0. The summed E-state index contributed by atoms with van der Waals surface area (Å²) >= 11 is 0. The highest BCUT2D eigenvalue weighted by Crippen LogP contribution is 2.24. The molecule has 0 bridgehead atoms. The summed E-state index contributed by atoms with van der Waals surface area (Å²) in [5, 5.41) is 0. The fourth-order valence-electron chi connectivity index (χ4n) is 3.39. The molecule has 2 fully saturated rings. The fraction of sp³-hybridized carbons (Fsp3) is 0.938. The van der Waals surface area contributed by atoms with E-state index in [1.54, 1.807) is 0 Å². The summed E-state index contributed by atoms with van der Waals surface area (Å²) in [5.74, 6) is 0.887. The van der Waals surface area contributed by atoms with E-state index in [1.165, 1.54) is 25.7 Å². The maximum atomic E-state index is 12.3. The van der Waals surface area contributed by atoms with Crippen molar-refractivity contribution in [3.63, 3.8) is 0 Å². The van der Waals surface area contributed by atoms with E-state index in [1.807, 2.05) is 0 Å². The topological polar surface area (TPSA) is 23.6 Å². The minimum atomic E-state index is 0.376. The van der Waals surface area contributed by atoms with Gasteiger partial charge in [0.1, 0.15) is 5.78 Å². The second kappa shape index (κ2) is 7.39. The highest BCUT2D eigenvalue weighted by molar-refractivity contribution is 5.83. The number of carbonyl (C=O) groups is 1. The number of rotatable bonds is 5. The molecule has 1 saturated carbocycles. The largest absolute Gasteiger partial charge is 0.298 e. The zero-order valence-electron chi connectivity index (χ0n) is 12.7. The number of hydrogen-bond donors (Lipinski definition) is 0. The van der Waals surface area contributed by atoms with Gasteiger partial charge in [-0.3, -0.25) is 14.6 Å². The van der Waals surface area contributed by atoms with Crippen LogP contribution in [0, 0.1) is 5.92 Å². The normalized spacial score (nSPS) is 25.4. The molecule has 1 saturated heterocycles. The Morgan fingerprint density at radius 1 is 1.11 bits per heavy atom. The van der Waals surface area contributed by atoms with Crippen molar-refractivity contribution in [1.29, 1.82) is 0 Å². The number of piperazine rings is 1. The maximum Gasteiger partial charge on any atom is 0.149 e. The molecule has 19 heavy (non-hydrogen) atoms. The van der Waals surface area contributed by atoms with Gasteiger partial charge in [0.2, 0.25) is 0 Å². The Kier molecular flexibility index (Phi) is 5.83. The first-order valence-corrected chi connectivity index (χ1v) is 8.19. The summed E-state index contributed by atoms with van der Waals surface area (Å²) < 4.78 is 0. The molecule has 0 aromatic heterocycles. The van der Waals surface area contributed by atoms with Crippen molar-refractivity contribution in [1.82, 2.24) is 9.80 Å². The van der Waals surface area contributed by atoms with E-state index in [4.69, 9.17) is 0 Å². The Morgan fingerprint density at radius 3 is 2.32 bits per heavy atom. The zero-order valence-corrected chi connectivity index (χ0v) is 12.7. The Labute approximate surface area is 118 Å². The summed E-state index contributed by atoms with van der Waals surface area (Å²) in [6.45, 7) is 9.68. The molecular formula is C16H30N2O. The number of carbonyl (C=O) groups excluding carboxylic acids is 1. The van der Waals surface area contributed by atoms with Crippen LogP contribution in [0.3, 0.4) is 0 Å². The minimum Gasteiger partial charge on any atom is -0.298 e. The van der Waals surface area contributed by atoms with E-state index in [0.29, 0.717) is 24.3 Å². The van der Waals surface area contributed by atoms with Gasteiger partial charge in [-0.1, -0.05) is 26.2 Å². The van der Waals surface area contributed by atoms with Crippen molar-refractivity contribution in [3.05, 3.63) is 0 Å². The van der Waals surface area contributed by atoms with Gasteiger partial charge in [0, 0.05) is 38.1 Å². The van der Waals surface area contributed by atoms with Gasteiger partial charge in [-0.2, -0.15) is 0 Å². The number of ketones is 1. The molecule has 1 atom stereocenters. The van der Waals surface area contributed by atoms with Crippen LogP contribution in [0.15, 0.2) is 0 Å². The molecule has 0 spiro atoms. The standard InChI is InChI=1S/C16H30N2O/c1-3-14(2)18-11-9-17(10-12-18)13-16(19)15-7-5-4-6-8-15/h14-15H,3-13H2,1-2H3. The van der Waals surface area contributed by atoms with Crippen LogP contribution >= 0.6 is 0 Å². The molecule has 3 heteroatoms. The molecule has 0 aromatic carbocycles. The van der Waals surface area contributed by atoms with Crippen molar-refractivity contribution >= 4 is 5.78 Å². The number of nitrogens with zero attached hydrogens (tertiary/aromatic N) is 2. The first-order chi connectivity index (χ1) is 9.20. The second-order valence-corrected chi connectivity index (χ2v) is 6.37. The third-order valence-electron chi connectivity index (χ3n) is 5.06. The van der Waals surface area contributed by atoms with E-state index in [0.717, 1.165) is 39.0 Å². The monoisotopic (exact) mass is 266 g/mol. The molecule has 1 aliphatic heterocycles. The molecule has 110 valence electrons. The van der Waals surface area contributed by atoms with E-state index < -0.39 is 0 Å². The Bertz CT molecular complexity index is 278. The van der Waals surface area contributed by atoms with Crippen molar-refractivity contribution in [3.8, 4) is 0 Å². The number of Topliss-reactive ketones (excluding diaryl/α,β-unsaturated/α-hetero) is 1. The third kappa shape index (κ3) is 4.28. The van der Waals surface area contributed by atoms with Crippen LogP contribution < -0.4 is 0 Å². The van der Waals surface area contributed by atoms with Crippen molar-refractivity contribution in [2.75, 3.05) is 32.7 Å². The van der Waals surface area contributed by atoms with E-state index >= 15 is 0 Å². The van der Waals surface area contributed by atoms with Crippen LogP contribution in [0.5, 0.6) is 0 Å². The summed E-state index contributed by atoms with van der Waals surface area (Å²) in [7, 11) is 0. The molecule has 0 N–H and O–H groups in total. The van der Waals surface area contributed by atoms with Crippen molar-refractivity contribution in [2.45, 2.75) is 58.4 Å². The van der Waals surface area contributed by atoms with Crippen LogP contribution in [0.4, 0.5) is 0 Å². The lowest BCUT2D eigenvalue weighted by molar-refractivity contribution is -0.125. The molecule has 2 aliphatic rings. The lowest BCUT2D eigenvalue weighted by Crippen LogP contribution is -2.51. The predicted octanol–water partition coefficient (Wildman–Crippen LogP) is 2.55. The quantitative estimate of drug-likeness (QED) is 0.764. The van der Waals surface area contributed by atoms with Gasteiger partial charge < -0.3 is 0 Å². The molecule has 0 radical (unpaired) electrons. The number of hydrogen-bond acceptors (Lipinski definition) is 3. The van der Waals surface area contributed by atoms with Crippen LogP contribution in [-0.2, 0) is 4.79 Å². The van der Waals surface area contributed by atoms with Crippen LogP contribution in [0.25, 0.3) is 0 Å². The van der Waals surface area contributed by atoms with Gasteiger partial charge in [0.25, 0.3) is 0 Å². The molecule has 1 heterocycles. The van der Waals surface area contributed by atoms with Crippen LogP contribution in [0.1, 0.15) is 52.4 Å². The third-order valence-corrected chi connectivity index (χ3v) is 5.06. The van der Waals surface area contributed by atoms with Crippen molar-refractivity contribution < 1.29 is 4.79 Å². The maximum absolute atomic E-state index is 12.3.